The maximum absolute atomic E-state index is 5.54. The van der Waals surface area contributed by atoms with Crippen LogP contribution in [-0.2, 0) is 6.42 Å². The molecule has 14 heavy (non-hydrogen) atoms. The first-order valence-electron chi connectivity index (χ1n) is 5.00. The van der Waals surface area contributed by atoms with Crippen LogP contribution in [0.1, 0.15) is 12.0 Å². The van der Waals surface area contributed by atoms with E-state index in [1.165, 1.54) is 24.1 Å². The van der Waals surface area contributed by atoms with Crippen LogP contribution in [0.15, 0.2) is 35.9 Å². The van der Waals surface area contributed by atoms with Gasteiger partial charge in [0.25, 0.3) is 0 Å². The van der Waals surface area contributed by atoms with Gasteiger partial charge in [-0.1, -0.05) is 35.9 Å². The average Bonchev–Trinajstić information content (AvgIpc) is 2.26. The predicted octanol–water partition coefficient (Wildman–Crippen LogP) is 3.19. The molecular formula is C12H14ClN. The number of hydrogen-bond donors (Lipinski definition) is 0. The SMILES string of the molecule is Cl/C=C/CN1CCCc2ccccc21. The van der Waals surface area contributed by atoms with E-state index < -0.39 is 0 Å². The van der Waals surface area contributed by atoms with Crippen molar-refractivity contribution in [2.24, 2.45) is 0 Å². The van der Waals surface area contributed by atoms with Crippen LogP contribution in [0.3, 0.4) is 0 Å². The Balaban J connectivity index is 2.22. The summed E-state index contributed by atoms with van der Waals surface area (Å²) in [7, 11) is 0. The van der Waals surface area contributed by atoms with Crippen molar-refractivity contribution in [2.75, 3.05) is 18.0 Å². The van der Waals surface area contributed by atoms with Crippen LogP contribution in [0.4, 0.5) is 5.69 Å². The van der Waals surface area contributed by atoms with Crippen molar-refractivity contribution in [3.8, 4) is 0 Å². The van der Waals surface area contributed by atoms with Crippen molar-refractivity contribution in [2.45, 2.75) is 12.8 Å². The van der Waals surface area contributed by atoms with E-state index in [0.717, 1.165) is 13.1 Å². The number of halogens is 1. The van der Waals surface area contributed by atoms with Gasteiger partial charge in [0.05, 0.1) is 0 Å². The molecule has 0 saturated heterocycles. The number of fused-ring (bicyclic) bond motifs is 1. The summed E-state index contributed by atoms with van der Waals surface area (Å²) in [6.45, 7) is 2.05. The largest absolute Gasteiger partial charge is 0.368 e. The van der Waals surface area contributed by atoms with Crippen LogP contribution >= 0.6 is 11.6 Å². The van der Waals surface area contributed by atoms with Crippen LogP contribution in [0.5, 0.6) is 0 Å². The summed E-state index contributed by atoms with van der Waals surface area (Å²) < 4.78 is 0. The quantitative estimate of drug-likeness (QED) is 0.720. The van der Waals surface area contributed by atoms with Gasteiger partial charge in [0.15, 0.2) is 0 Å². The molecule has 0 aromatic heterocycles. The summed E-state index contributed by atoms with van der Waals surface area (Å²) in [5, 5.41) is 0. The van der Waals surface area contributed by atoms with Gasteiger partial charge < -0.3 is 4.90 Å². The Bertz CT molecular complexity index is 333. The molecule has 0 aliphatic carbocycles. The molecule has 0 fully saturated rings. The average molecular weight is 208 g/mol. The Hall–Kier alpha value is -0.950. The minimum atomic E-state index is 0.917. The molecule has 0 atom stereocenters. The normalized spacial score (nSPS) is 15.9. The second kappa shape index (κ2) is 4.52. The first-order chi connectivity index (χ1) is 6.92. The van der Waals surface area contributed by atoms with E-state index in [1.807, 2.05) is 6.08 Å². The zero-order valence-electron chi connectivity index (χ0n) is 8.12. The van der Waals surface area contributed by atoms with Crippen molar-refractivity contribution in [3.63, 3.8) is 0 Å². The Morgan fingerprint density at radius 1 is 1.36 bits per heavy atom. The monoisotopic (exact) mass is 207 g/mol. The summed E-state index contributed by atoms with van der Waals surface area (Å²) in [5.41, 5.74) is 4.42. The van der Waals surface area contributed by atoms with Crippen molar-refractivity contribution >= 4 is 17.3 Å². The highest BCUT2D eigenvalue weighted by atomic mass is 35.5. The lowest BCUT2D eigenvalue weighted by atomic mass is 10.0. The molecule has 0 radical (unpaired) electrons. The summed E-state index contributed by atoms with van der Waals surface area (Å²) in [5.74, 6) is 0. The number of anilines is 1. The lowest BCUT2D eigenvalue weighted by Crippen LogP contribution is -2.29. The summed E-state index contributed by atoms with van der Waals surface area (Å²) in [6, 6.07) is 8.61. The Morgan fingerprint density at radius 3 is 3.07 bits per heavy atom. The highest BCUT2D eigenvalue weighted by Gasteiger charge is 2.14. The Labute approximate surface area is 90.0 Å². The fraction of sp³-hybridized carbons (Fsp3) is 0.333. The van der Waals surface area contributed by atoms with Gasteiger partial charge in [-0.05, 0) is 24.5 Å². The minimum absolute atomic E-state index is 0.917. The molecule has 1 aliphatic rings. The molecule has 1 aliphatic heterocycles. The lowest BCUT2D eigenvalue weighted by Gasteiger charge is -2.30. The molecule has 2 heteroatoms. The standard InChI is InChI=1S/C12H14ClN/c13-8-4-10-14-9-3-6-11-5-1-2-7-12(11)14/h1-2,4-5,7-8H,3,6,9-10H2/b8-4+. The van der Waals surface area contributed by atoms with E-state index in [2.05, 4.69) is 29.2 Å². The summed E-state index contributed by atoms with van der Waals surface area (Å²) in [6.07, 6.45) is 4.44. The molecule has 1 aromatic carbocycles. The van der Waals surface area contributed by atoms with E-state index in [-0.39, 0.29) is 0 Å². The van der Waals surface area contributed by atoms with Gasteiger partial charge in [0.1, 0.15) is 0 Å². The maximum Gasteiger partial charge on any atom is 0.0401 e. The van der Waals surface area contributed by atoms with Gasteiger partial charge in [0, 0.05) is 24.3 Å². The first-order valence-corrected chi connectivity index (χ1v) is 5.43. The topological polar surface area (TPSA) is 3.24 Å². The molecular weight excluding hydrogens is 194 g/mol. The smallest absolute Gasteiger partial charge is 0.0401 e. The fourth-order valence-corrected chi connectivity index (χ4v) is 2.05. The predicted molar refractivity (Wildman–Crippen MR) is 62.0 cm³/mol. The molecule has 1 heterocycles. The van der Waals surface area contributed by atoms with Gasteiger partial charge in [-0.2, -0.15) is 0 Å². The van der Waals surface area contributed by atoms with Crippen LogP contribution in [0.2, 0.25) is 0 Å². The summed E-state index contributed by atoms with van der Waals surface area (Å²) in [4.78, 5) is 2.37. The lowest BCUT2D eigenvalue weighted by molar-refractivity contribution is 0.722. The van der Waals surface area contributed by atoms with Gasteiger partial charge >= 0.3 is 0 Å². The molecule has 0 amide bonds. The number of hydrogen-bond acceptors (Lipinski definition) is 1. The van der Waals surface area contributed by atoms with Crippen molar-refractivity contribution in [1.29, 1.82) is 0 Å². The van der Waals surface area contributed by atoms with E-state index >= 15 is 0 Å². The zero-order valence-corrected chi connectivity index (χ0v) is 8.87. The number of aryl methyl sites for hydroxylation is 1. The molecule has 0 bridgehead atoms. The number of nitrogens with zero attached hydrogens (tertiary/aromatic N) is 1. The maximum atomic E-state index is 5.54. The van der Waals surface area contributed by atoms with Crippen molar-refractivity contribution in [1.82, 2.24) is 0 Å². The number of benzene rings is 1. The third kappa shape index (κ3) is 1.93. The molecule has 0 saturated carbocycles. The van der Waals surface area contributed by atoms with Gasteiger partial charge in [-0.15, -0.1) is 0 Å². The minimum Gasteiger partial charge on any atom is -0.368 e. The van der Waals surface area contributed by atoms with Gasteiger partial charge in [-0.3, -0.25) is 0 Å². The molecule has 1 nitrogen and oxygen atoms in total. The fourth-order valence-electron chi connectivity index (χ4n) is 1.97. The van der Waals surface area contributed by atoms with Crippen LogP contribution < -0.4 is 4.90 Å². The third-order valence-corrected chi connectivity index (χ3v) is 2.80. The Kier molecular flexibility index (Phi) is 3.10. The van der Waals surface area contributed by atoms with Crippen molar-refractivity contribution < 1.29 is 0 Å². The van der Waals surface area contributed by atoms with E-state index in [4.69, 9.17) is 11.6 Å². The van der Waals surface area contributed by atoms with Gasteiger partial charge in [-0.25, -0.2) is 0 Å². The second-order valence-electron chi connectivity index (χ2n) is 3.54. The Morgan fingerprint density at radius 2 is 2.21 bits per heavy atom. The molecule has 1 aromatic rings. The first kappa shape index (κ1) is 9.60. The highest BCUT2D eigenvalue weighted by Crippen LogP contribution is 2.26. The molecule has 0 unspecified atom stereocenters. The zero-order chi connectivity index (χ0) is 9.80. The molecule has 0 spiro atoms. The second-order valence-corrected chi connectivity index (χ2v) is 3.79. The molecule has 2 rings (SSSR count). The van der Waals surface area contributed by atoms with E-state index in [1.54, 1.807) is 5.54 Å². The van der Waals surface area contributed by atoms with Crippen molar-refractivity contribution in [3.05, 3.63) is 41.4 Å². The molecule has 0 N–H and O–H groups in total. The highest BCUT2D eigenvalue weighted by molar-refractivity contribution is 6.25. The van der Waals surface area contributed by atoms with Crippen LogP contribution in [0.25, 0.3) is 0 Å². The van der Waals surface area contributed by atoms with Gasteiger partial charge in [0.2, 0.25) is 0 Å². The summed E-state index contributed by atoms with van der Waals surface area (Å²) >= 11 is 5.54. The van der Waals surface area contributed by atoms with E-state index in [9.17, 15) is 0 Å². The number of rotatable bonds is 2. The van der Waals surface area contributed by atoms with Crippen LogP contribution in [0, 0.1) is 0 Å². The molecule has 74 valence electrons. The van der Waals surface area contributed by atoms with Crippen LogP contribution in [-0.4, -0.2) is 13.1 Å². The number of para-hydroxylation sites is 1. The van der Waals surface area contributed by atoms with E-state index in [0.29, 0.717) is 0 Å². The third-order valence-electron chi connectivity index (χ3n) is 2.62.